The van der Waals surface area contributed by atoms with Gasteiger partial charge in [0.1, 0.15) is 0 Å². The van der Waals surface area contributed by atoms with Crippen LogP contribution in [-0.2, 0) is 13.1 Å². The summed E-state index contributed by atoms with van der Waals surface area (Å²) in [6.45, 7) is 13.4. The quantitative estimate of drug-likeness (QED) is 0.923. The van der Waals surface area contributed by atoms with Gasteiger partial charge in [0, 0.05) is 30.5 Å². The first-order chi connectivity index (χ1) is 10.4. The Balaban J connectivity index is 2.21. The molecule has 1 atom stereocenters. The van der Waals surface area contributed by atoms with Crippen LogP contribution in [-0.4, -0.2) is 25.5 Å². The summed E-state index contributed by atoms with van der Waals surface area (Å²) in [6.07, 6.45) is 2.00. The van der Waals surface area contributed by atoms with E-state index in [0.29, 0.717) is 5.56 Å². The Bertz CT molecular complexity index is 683. The Morgan fingerprint density at radius 1 is 1.18 bits per heavy atom. The van der Waals surface area contributed by atoms with Crippen molar-refractivity contribution in [3.05, 3.63) is 34.4 Å². The van der Waals surface area contributed by atoms with Gasteiger partial charge in [0.05, 0.1) is 23.0 Å². The number of nitrogens with zero attached hydrogens (tertiary/aromatic N) is 4. The predicted molar refractivity (Wildman–Crippen MR) is 85.9 cm³/mol. The van der Waals surface area contributed by atoms with Crippen LogP contribution in [0.25, 0.3) is 0 Å². The molecule has 22 heavy (non-hydrogen) atoms. The lowest BCUT2D eigenvalue weighted by Gasteiger charge is -2.13. The van der Waals surface area contributed by atoms with E-state index in [9.17, 15) is 4.79 Å². The lowest BCUT2D eigenvalue weighted by molar-refractivity contribution is 0.0938. The highest BCUT2D eigenvalue weighted by molar-refractivity contribution is 5.96. The number of aromatic nitrogens is 4. The third-order valence-electron chi connectivity index (χ3n) is 4.03. The Labute approximate surface area is 131 Å². The maximum absolute atomic E-state index is 12.6. The summed E-state index contributed by atoms with van der Waals surface area (Å²) in [7, 11) is 0. The van der Waals surface area contributed by atoms with E-state index < -0.39 is 0 Å². The molecule has 0 aliphatic heterocycles. The molecule has 0 saturated carbocycles. The molecule has 2 heterocycles. The van der Waals surface area contributed by atoms with Crippen LogP contribution in [0.2, 0.25) is 0 Å². The second-order valence-electron chi connectivity index (χ2n) is 5.58. The fourth-order valence-corrected chi connectivity index (χ4v) is 2.80. The highest BCUT2D eigenvalue weighted by Crippen LogP contribution is 2.19. The summed E-state index contributed by atoms with van der Waals surface area (Å²) in [5, 5.41) is 11.9. The minimum Gasteiger partial charge on any atom is -0.345 e. The number of hydrogen-bond donors (Lipinski definition) is 1. The first-order valence-electron chi connectivity index (χ1n) is 7.77. The standard InChI is InChI=1S/C16H25N5O/c1-7-20-9-14(11(4)18-20)10(3)17-16(22)15-12(5)19-21(8-2)13(15)6/h9-10H,7-8H2,1-6H3,(H,17,22). The molecule has 0 fully saturated rings. The maximum atomic E-state index is 12.6. The fourth-order valence-electron chi connectivity index (χ4n) is 2.80. The Morgan fingerprint density at radius 2 is 1.86 bits per heavy atom. The highest BCUT2D eigenvalue weighted by Gasteiger charge is 2.21. The molecule has 0 aliphatic carbocycles. The highest BCUT2D eigenvalue weighted by atomic mass is 16.1. The summed E-state index contributed by atoms with van der Waals surface area (Å²) in [5.41, 5.74) is 4.35. The number of hydrogen-bond acceptors (Lipinski definition) is 3. The predicted octanol–water partition coefficient (Wildman–Crippen LogP) is 2.54. The zero-order valence-corrected chi connectivity index (χ0v) is 14.3. The molecule has 120 valence electrons. The number of rotatable bonds is 5. The molecule has 0 aromatic carbocycles. The molecular formula is C16H25N5O. The van der Waals surface area contributed by atoms with Gasteiger partial charge in [0.2, 0.25) is 0 Å². The van der Waals surface area contributed by atoms with E-state index in [0.717, 1.165) is 35.7 Å². The third-order valence-corrected chi connectivity index (χ3v) is 4.03. The van der Waals surface area contributed by atoms with E-state index in [4.69, 9.17) is 0 Å². The summed E-state index contributed by atoms with van der Waals surface area (Å²) < 4.78 is 3.74. The molecule has 0 spiro atoms. The van der Waals surface area contributed by atoms with Crippen molar-refractivity contribution in [2.24, 2.45) is 0 Å². The van der Waals surface area contributed by atoms with Crippen LogP contribution < -0.4 is 5.32 Å². The maximum Gasteiger partial charge on any atom is 0.255 e. The first kappa shape index (κ1) is 16.3. The lowest BCUT2D eigenvalue weighted by atomic mass is 10.1. The van der Waals surface area contributed by atoms with Gasteiger partial charge in [-0.3, -0.25) is 14.2 Å². The average Bonchev–Trinajstić information content (AvgIpc) is 2.98. The Morgan fingerprint density at radius 3 is 2.36 bits per heavy atom. The third kappa shape index (κ3) is 2.91. The van der Waals surface area contributed by atoms with Gasteiger partial charge in [-0.25, -0.2) is 0 Å². The molecule has 6 nitrogen and oxygen atoms in total. The van der Waals surface area contributed by atoms with Gasteiger partial charge in [0.15, 0.2) is 0 Å². The molecule has 1 N–H and O–H groups in total. The smallest absolute Gasteiger partial charge is 0.255 e. The van der Waals surface area contributed by atoms with Crippen LogP contribution in [0, 0.1) is 20.8 Å². The average molecular weight is 303 g/mol. The van der Waals surface area contributed by atoms with Crippen LogP contribution in [0.1, 0.15) is 59.8 Å². The lowest BCUT2D eigenvalue weighted by Crippen LogP contribution is -2.27. The summed E-state index contributed by atoms with van der Waals surface area (Å²) in [5.74, 6) is -0.0779. The normalized spacial score (nSPS) is 12.5. The number of aryl methyl sites for hydroxylation is 4. The zero-order valence-electron chi connectivity index (χ0n) is 14.3. The van der Waals surface area contributed by atoms with Gasteiger partial charge in [-0.15, -0.1) is 0 Å². The summed E-state index contributed by atoms with van der Waals surface area (Å²) in [6, 6.07) is -0.0865. The Kier molecular flexibility index (Phi) is 4.68. The molecule has 1 unspecified atom stereocenters. The minimum atomic E-state index is -0.0865. The number of carbonyl (C=O) groups excluding carboxylic acids is 1. The van der Waals surface area contributed by atoms with Crippen molar-refractivity contribution >= 4 is 5.91 Å². The second-order valence-corrected chi connectivity index (χ2v) is 5.58. The summed E-state index contributed by atoms with van der Waals surface area (Å²) >= 11 is 0. The second kappa shape index (κ2) is 6.34. The molecule has 0 saturated heterocycles. The van der Waals surface area contributed by atoms with Crippen LogP contribution in [0.15, 0.2) is 6.20 Å². The molecule has 2 rings (SSSR count). The molecule has 2 aromatic rings. The van der Waals surface area contributed by atoms with Crippen molar-refractivity contribution < 1.29 is 4.79 Å². The minimum absolute atomic E-state index is 0.0779. The van der Waals surface area contributed by atoms with Crippen LogP contribution in [0.4, 0.5) is 0 Å². The van der Waals surface area contributed by atoms with E-state index in [2.05, 4.69) is 15.5 Å². The number of nitrogens with one attached hydrogen (secondary N) is 1. The van der Waals surface area contributed by atoms with Crippen molar-refractivity contribution in [1.82, 2.24) is 24.9 Å². The van der Waals surface area contributed by atoms with Gasteiger partial charge in [-0.05, 0) is 41.5 Å². The van der Waals surface area contributed by atoms with Gasteiger partial charge in [-0.2, -0.15) is 10.2 Å². The van der Waals surface area contributed by atoms with Crippen molar-refractivity contribution in [3.8, 4) is 0 Å². The molecule has 0 bridgehead atoms. The van der Waals surface area contributed by atoms with E-state index in [1.165, 1.54) is 0 Å². The van der Waals surface area contributed by atoms with E-state index in [-0.39, 0.29) is 11.9 Å². The molecule has 2 aromatic heterocycles. The van der Waals surface area contributed by atoms with Crippen molar-refractivity contribution in [1.29, 1.82) is 0 Å². The number of carbonyl (C=O) groups is 1. The first-order valence-corrected chi connectivity index (χ1v) is 7.77. The van der Waals surface area contributed by atoms with Crippen LogP contribution >= 0.6 is 0 Å². The Hall–Kier alpha value is -2.11. The SMILES string of the molecule is CCn1cc(C(C)NC(=O)c2c(C)nn(CC)c2C)c(C)n1. The van der Waals surface area contributed by atoms with Gasteiger partial charge in [0.25, 0.3) is 5.91 Å². The molecule has 6 heteroatoms. The monoisotopic (exact) mass is 303 g/mol. The van der Waals surface area contributed by atoms with Gasteiger partial charge < -0.3 is 5.32 Å². The van der Waals surface area contributed by atoms with Gasteiger partial charge in [-0.1, -0.05) is 0 Å². The van der Waals surface area contributed by atoms with Crippen molar-refractivity contribution in [2.75, 3.05) is 0 Å². The van der Waals surface area contributed by atoms with Crippen molar-refractivity contribution in [3.63, 3.8) is 0 Å². The van der Waals surface area contributed by atoms with Gasteiger partial charge >= 0.3 is 0 Å². The summed E-state index contributed by atoms with van der Waals surface area (Å²) in [4.78, 5) is 12.6. The molecular weight excluding hydrogens is 278 g/mol. The van der Waals surface area contributed by atoms with Crippen LogP contribution in [0.5, 0.6) is 0 Å². The van der Waals surface area contributed by atoms with E-state index >= 15 is 0 Å². The number of amides is 1. The molecule has 0 aliphatic rings. The van der Waals surface area contributed by atoms with Crippen molar-refractivity contribution in [2.45, 2.75) is 60.7 Å². The fraction of sp³-hybridized carbons (Fsp3) is 0.562. The zero-order chi connectivity index (χ0) is 16.4. The molecule has 0 radical (unpaired) electrons. The van der Waals surface area contributed by atoms with Crippen LogP contribution in [0.3, 0.4) is 0 Å². The largest absolute Gasteiger partial charge is 0.345 e. The topological polar surface area (TPSA) is 64.7 Å². The van der Waals surface area contributed by atoms with E-state index in [1.54, 1.807) is 0 Å². The molecule has 1 amide bonds. The van der Waals surface area contributed by atoms with E-state index in [1.807, 2.05) is 57.1 Å².